The summed E-state index contributed by atoms with van der Waals surface area (Å²) >= 11 is 0. The van der Waals surface area contributed by atoms with E-state index in [1.165, 1.54) is 19.3 Å². The van der Waals surface area contributed by atoms with Gasteiger partial charge in [0, 0.05) is 18.5 Å². The molecular weight excluding hydrogens is 216 g/mol. The van der Waals surface area contributed by atoms with Crippen molar-refractivity contribution in [1.29, 1.82) is 0 Å². The first kappa shape index (κ1) is 14.5. The Morgan fingerprint density at radius 3 is 2.76 bits per heavy atom. The molecular formula is C13H26N2O2. The molecule has 0 aromatic heterocycles. The molecule has 0 bridgehead atoms. The third-order valence-corrected chi connectivity index (χ3v) is 3.11. The Morgan fingerprint density at radius 1 is 1.35 bits per heavy atom. The average molecular weight is 242 g/mol. The molecule has 0 heterocycles. The number of hydrogen-bond acceptors (Lipinski definition) is 3. The summed E-state index contributed by atoms with van der Waals surface area (Å²) in [6.07, 6.45) is 6.30. The minimum absolute atomic E-state index is 0.0576. The second-order valence-corrected chi connectivity index (χ2v) is 5.18. The first-order valence-electron chi connectivity index (χ1n) is 6.76. The van der Waals surface area contributed by atoms with Crippen molar-refractivity contribution < 1.29 is 9.53 Å². The van der Waals surface area contributed by atoms with Gasteiger partial charge in [-0.15, -0.1) is 0 Å². The predicted octanol–water partition coefficient (Wildman–Crippen LogP) is 1.58. The summed E-state index contributed by atoms with van der Waals surface area (Å²) in [7, 11) is 0. The summed E-state index contributed by atoms with van der Waals surface area (Å²) in [6.45, 7) is 4.40. The Bertz CT molecular complexity index is 231. The molecule has 2 unspecified atom stereocenters. The minimum Gasteiger partial charge on any atom is -0.376 e. The molecule has 2 atom stereocenters. The molecule has 1 amide bonds. The van der Waals surface area contributed by atoms with Crippen LogP contribution in [0.25, 0.3) is 0 Å². The molecule has 0 aromatic carbocycles. The van der Waals surface area contributed by atoms with E-state index in [1.54, 1.807) is 0 Å². The summed E-state index contributed by atoms with van der Waals surface area (Å²) in [5.41, 5.74) is 6.05. The van der Waals surface area contributed by atoms with Gasteiger partial charge in [-0.25, -0.2) is 0 Å². The van der Waals surface area contributed by atoms with E-state index in [4.69, 9.17) is 10.5 Å². The van der Waals surface area contributed by atoms with Crippen LogP contribution in [0.2, 0.25) is 0 Å². The standard InChI is InChI=1S/C13H26N2O2/c1-10(2)15-13(16)8-9-17-12-7-5-3-4-6-11(12)14/h10-12H,3-9,14H2,1-2H3,(H,15,16). The highest BCUT2D eigenvalue weighted by Gasteiger charge is 2.20. The smallest absolute Gasteiger partial charge is 0.222 e. The fourth-order valence-corrected chi connectivity index (χ4v) is 2.21. The molecule has 1 aliphatic rings. The fourth-order valence-electron chi connectivity index (χ4n) is 2.21. The zero-order valence-corrected chi connectivity index (χ0v) is 11.1. The molecule has 1 aliphatic carbocycles. The van der Waals surface area contributed by atoms with Gasteiger partial charge < -0.3 is 15.8 Å². The van der Waals surface area contributed by atoms with Crippen molar-refractivity contribution in [3.8, 4) is 0 Å². The van der Waals surface area contributed by atoms with Crippen molar-refractivity contribution >= 4 is 5.91 Å². The summed E-state index contributed by atoms with van der Waals surface area (Å²) < 4.78 is 5.74. The second kappa shape index (κ2) is 7.67. The van der Waals surface area contributed by atoms with Crippen molar-refractivity contribution in [2.45, 2.75) is 70.6 Å². The average Bonchev–Trinajstić information content (AvgIpc) is 2.43. The number of nitrogens with one attached hydrogen (secondary N) is 1. The van der Waals surface area contributed by atoms with Crippen LogP contribution in [-0.2, 0) is 9.53 Å². The molecule has 100 valence electrons. The minimum atomic E-state index is 0.0576. The van der Waals surface area contributed by atoms with Crippen molar-refractivity contribution in [2.75, 3.05) is 6.61 Å². The van der Waals surface area contributed by atoms with E-state index in [0.29, 0.717) is 13.0 Å². The Labute approximate surface area is 104 Å². The quantitative estimate of drug-likeness (QED) is 0.719. The fraction of sp³-hybridized carbons (Fsp3) is 0.923. The lowest BCUT2D eigenvalue weighted by Gasteiger charge is -2.21. The van der Waals surface area contributed by atoms with Gasteiger partial charge in [0.2, 0.25) is 5.91 Å². The normalized spacial score (nSPS) is 25.6. The maximum atomic E-state index is 11.4. The molecule has 0 radical (unpaired) electrons. The summed E-state index contributed by atoms with van der Waals surface area (Å²) in [6, 6.07) is 0.341. The SMILES string of the molecule is CC(C)NC(=O)CCOC1CCCCCC1N. The van der Waals surface area contributed by atoms with E-state index in [-0.39, 0.29) is 24.1 Å². The maximum absolute atomic E-state index is 11.4. The molecule has 3 N–H and O–H groups in total. The molecule has 17 heavy (non-hydrogen) atoms. The Kier molecular flexibility index (Phi) is 6.52. The largest absolute Gasteiger partial charge is 0.376 e. The van der Waals surface area contributed by atoms with Gasteiger partial charge in [0.15, 0.2) is 0 Å². The number of rotatable bonds is 5. The van der Waals surface area contributed by atoms with E-state index in [9.17, 15) is 4.79 Å². The molecule has 0 aromatic rings. The van der Waals surface area contributed by atoms with Crippen LogP contribution in [0.3, 0.4) is 0 Å². The van der Waals surface area contributed by atoms with Gasteiger partial charge in [0.05, 0.1) is 12.7 Å². The van der Waals surface area contributed by atoms with Crippen LogP contribution in [0.4, 0.5) is 0 Å². The van der Waals surface area contributed by atoms with Crippen LogP contribution in [0.15, 0.2) is 0 Å². The number of carbonyl (C=O) groups is 1. The zero-order chi connectivity index (χ0) is 12.7. The monoisotopic (exact) mass is 242 g/mol. The third kappa shape index (κ3) is 6.03. The molecule has 0 aliphatic heterocycles. The van der Waals surface area contributed by atoms with Gasteiger partial charge in [-0.3, -0.25) is 4.79 Å². The lowest BCUT2D eigenvalue weighted by Crippen LogP contribution is -2.37. The van der Waals surface area contributed by atoms with Crippen LogP contribution in [-0.4, -0.2) is 30.7 Å². The third-order valence-electron chi connectivity index (χ3n) is 3.11. The Hall–Kier alpha value is -0.610. The van der Waals surface area contributed by atoms with Crippen molar-refractivity contribution in [1.82, 2.24) is 5.32 Å². The Morgan fingerprint density at radius 2 is 2.06 bits per heavy atom. The first-order chi connectivity index (χ1) is 8.09. The van der Waals surface area contributed by atoms with Crippen molar-refractivity contribution in [2.24, 2.45) is 5.73 Å². The van der Waals surface area contributed by atoms with Gasteiger partial charge in [0.1, 0.15) is 0 Å². The second-order valence-electron chi connectivity index (χ2n) is 5.18. The number of ether oxygens (including phenoxy) is 1. The zero-order valence-electron chi connectivity index (χ0n) is 11.1. The molecule has 4 nitrogen and oxygen atoms in total. The molecule has 4 heteroatoms. The molecule has 1 fully saturated rings. The summed E-state index contributed by atoms with van der Waals surface area (Å²) in [5.74, 6) is 0.0576. The van der Waals surface area contributed by atoms with Crippen LogP contribution in [0.1, 0.15) is 52.4 Å². The lowest BCUT2D eigenvalue weighted by molar-refractivity contribution is -0.123. The van der Waals surface area contributed by atoms with Crippen molar-refractivity contribution in [3.05, 3.63) is 0 Å². The van der Waals surface area contributed by atoms with Crippen molar-refractivity contribution in [3.63, 3.8) is 0 Å². The summed E-state index contributed by atoms with van der Waals surface area (Å²) in [5, 5.41) is 2.85. The number of carbonyl (C=O) groups excluding carboxylic acids is 1. The van der Waals surface area contributed by atoms with E-state index in [2.05, 4.69) is 5.32 Å². The number of nitrogens with two attached hydrogens (primary N) is 1. The van der Waals surface area contributed by atoms with Gasteiger partial charge in [-0.05, 0) is 26.7 Å². The first-order valence-corrected chi connectivity index (χ1v) is 6.76. The molecule has 0 saturated heterocycles. The van der Waals surface area contributed by atoms with E-state index in [1.807, 2.05) is 13.8 Å². The van der Waals surface area contributed by atoms with Crippen LogP contribution >= 0.6 is 0 Å². The Balaban J connectivity index is 2.18. The number of hydrogen-bond donors (Lipinski definition) is 2. The van der Waals surface area contributed by atoms with Crippen LogP contribution < -0.4 is 11.1 Å². The number of amides is 1. The molecule has 1 rings (SSSR count). The van der Waals surface area contributed by atoms with Gasteiger partial charge >= 0.3 is 0 Å². The van der Waals surface area contributed by atoms with Crippen LogP contribution in [0.5, 0.6) is 0 Å². The highest BCUT2D eigenvalue weighted by Crippen LogP contribution is 2.19. The van der Waals surface area contributed by atoms with Gasteiger partial charge in [-0.1, -0.05) is 19.3 Å². The van der Waals surface area contributed by atoms with Gasteiger partial charge in [-0.2, -0.15) is 0 Å². The predicted molar refractivity (Wildman–Crippen MR) is 68.7 cm³/mol. The van der Waals surface area contributed by atoms with E-state index < -0.39 is 0 Å². The van der Waals surface area contributed by atoms with E-state index in [0.717, 1.165) is 12.8 Å². The maximum Gasteiger partial charge on any atom is 0.222 e. The molecule has 0 spiro atoms. The van der Waals surface area contributed by atoms with E-state index >= 15 is 0 Å². The molecule has 1 saturated carbocycles. The highest BCUT2D eigenvalue weighted by molar-refractivity contribution is 5.76. The highest BCUT2D eigenvalue weighted by atomic mass is 16.5. The lowest BCUT2D eigenvalue weighted by atomic mass is 10.1. The summed E-state index contributed by atoms with van der Waals surface area (Å²) in [4.78, 5) is 11.4. The van der Waals surface area contributed by atoms with Gasteiger partial charge in [0.25, 0.3) is 0 Å². The topological polar surface area (TPSA) is 64.3 Å². The van der Waals surface area contributed by atoms with Crippen LogP contribution in [0, 0.1) is 0 Å².